The summed E-state index contributed by atoms with van der Waals surface area (Å²) in [5, 5.41) is 47.9. The number of hydrogen-bond acceptors (Lipinski definition) is 6. The van der Waals surface area contributed by atoms with Crippen molar-refractivity contribution in [3.8, 4) is 63.6 Å². The summed E-state index contributed by atoms with van der Waals surface area (Å²) in [6.45, 7) is 0. The van der Waals surface area contributed by atoms with E-state index in [1.54, 1.807) is 24.3 Å². The number of benzene rings is 7. The van der Waals surface area contributed by atoms with Crippen LogP contribution in [0.15, 0.2) is 176 Å². The van der Waals surface area contributed by atoms with E-state index < -0.39 is 0 Å². The van der Waals surface area contributed by atoms with Gasteiger partial charge < -0.3 is 13.7 Å². The Morgan fingerprint density at radius 2 is 0.523 bits per heavy atom. The molecule has 0 amide bonds. The lowest BCUT2D eigenvalue weighted by Gasteiger charge is -2.27. The Balaban J connectivity index is 1.45. The molecule has 5 aromatic heterocycles. The standard InChI is InChI=1S/C56H29N9/c57-30-36-25-34(26-37(31-58)61-36)46-29-47(35-27-38(32-59)62-39(28-35)33-60)55(64-50-21-9-3-15-42(50)43-16-4-10-22-51(43)64)56(65-52-23-11-5-17-44(52)45-18-6-12-24-53(45)65)54(46)63-48-19-7-1-13-40(48)41-14-2-8-20-49(41)63/h1-29H. The number of pyridine rings is 2. The van der Waals surface area contributed by atoms with Gasteiger partial charge in [-0.3, -0.25) is 0 Å². The molecule has 0 bridgehead atoms. The molecule has 0 radical (unpaired) electrons. The van der Waals surface area contributed by atoms with Crippen molar-refractivity contribution in [2.45, 2.75) is 0 Å². The molecule has 0 saturated carbocycles. The molecule has 0 saturated heterocycles. The van der Waals surface area contributed by atoms with Crippen molar-refractivity contribution < 1.29 is 0 Å². The molecule has 9 heteroatoms. The van der Waals surface area contributed by atoms with Gasteiger partial charge in [-0.25, -0.2) is 9.97 Å². The van der Waals surface area contributed by atoms with Crippen LogP contribution in [0.1, 0.15) is 22.8 Å². The van der Waals surface area contributed by atoms with Crippen molar-refractivity contribution >= 4 is 65.4 Å². The van der Waals surface area contributed by atoms with E-state index in [4.69, 9.17) is 0 Å². The maximum atomic E-state index is 10.4. The predicted molar refractivity (Wildman–Crippen MR) is 255 cm³/mol. The minimum Gasteiger partial charge on any atom is -0.306 e. The molecule has 9 nitrogen and oxygen atoms in total. The van der Waals surface area contributed by atoms with Crippen LogP contribution >= 0.6 is 0 Å². The highest BCUT2D eigenvalue weighted by Crippen LogP contribution is 2.50. The zero-order valence-corrected chi connectivity index (χ0v) is 34.3. The van der Waals surface area contributed by atoms with Gasteiger partial charge in [0.2, 0.25) is 0 Å². The highest BCUT2D eigenvalue weighted by molar-refractivity contribution is 6.15. The molecule has 7 aromatic carbocycles. The molecule has 12 aromatic rings. The number of rotatable bonds is 5. The summed E-state index contributed by atoms with van der Waals surface area (Å²) < 4.78 is 6.92. The van der Waals surface area contributed by atoms with Gasteiger partial charge in [0, 0.05) is 43.4 Å². The van der Waals surface area contributed by atoms with Gasteiger partial charge in [-0.2, -0.15) is 21.0 Å². The number of fused-ring (bicyclic) bond motifs is 9. The third-order valence-electron chi connectivity index (χ3n) is 12.4. The minimum atomic E-state index is 0.0844. The third-order valence-corrected chi connectivity index (χ3v) is 12.4. The molecule has 0 N–H and O–H groups in total. The van der Waals surface area contributed by atoms with E-state index >= 15 is 0 Å². The van der Waals surface area contributed by atoms with E-state index in [0.29, 0.717) is 22.3 Å². The second-order valence-electron chi connectivity index (χ2n) is 15.8. The second kappa shape index (κ2) is 14.4. The lowest BCUT2D eigenvalue weighted by molar-refractivity contribution is 1.05. The average molecular weight is 828 g/mol. The van der Waals surface area contributed by atoms with Crippen molar-refractivity contribution in [2.75, 3.05) is 0 Å². The summed E-state index contributed by atoms with van der Waals surface area (Å²) in [6, 6.07) is 67.9. The minimum absolute atomic E-state index is 0.0844. The molecular formula is C56H29N9. The van der Waals surface area contributed by atoms with Crippen LogP contribution in [0.5, 0.6) is 0 Å². The Labute approximate surface area is 371 Å². The predicted octanol–water partition coefficient (Wildman–Crippen LogP) is 12.6. The van der Waals surface area contributed by atoms with Gasteiger partial charge in [-0.1, -0.05) is 109 Å². The Hall–Kier alpha value is -9.80. The normalized spacial score (nSPS) is 11.3. The van der Waals surface area contributed by atoms with Crippen LogP contribution in [0.2, 0.25) is 0 Å². The molecule has 0 spiro atoms. The maximum Gasteiger partial charge on any atom is 0.142 e. The van der Waals surface area contributed by atoms with Crippen molar-refractivity contribution in [2.24, 2.45) is 0 Å². The molecule has 5 heterocycles. The Morgan fingerprint density at radius 1 is 0.292 bits per heavy atom. The third kappa shape index (κ3) is 5.48. The first kappa shape index (κ1) is 37.0. The summed E-state index contributed by atoms with van der Waals surface area (Å²) in [5.74, 6) is 0. The van der Waals surface area contributed by atoms with Crippen LogP contribution in [0.4, 0.5) is 0 Å². The van der Waals surface area contributed by atoms with E-state index in [2.05, 4.69) is 139 Å². The SMILES string of the molecule is N#Cc1cc(-c2cc(-c3cc(C#N)nc(C#N)c3)c(-n3c4ccccc4c4ccccc43)c(-n3c4ccccc4c4ccccc43)c2-n2c3ccccc3c3ccccc32)cc(C#N)n1. The fourth-order valence-corrected chi connectivity index (χ4v) is 9.84. The zero-order chi connectivity index (χ0) is 43.8. The van der Waals surface area contributed by atoms with Crippen LogP contribution in [0.25, 0.3) is 105 Å². The van der Waals surface area contributed by atoms with Crippen LogP contribution in [-0.4, -0.2) is 23.7 Å². The molecular weight excluding hydrogens is 799 g/mol. The van der Waals surface area contributed by atoms with E-state index in [0.717, 1.165) is 82.5 Å². The molecule has 0 fully saturated rings. The van der Waals surface area contributed by atoms with Gasteiger partial charge >= 0.3 is 0 Å². The summed E-state index contributed by atoms with van der Waals surface area (Å²) in [4.78, 5) is 8.75. The summed E-state index contributed by atoms with van der Waals surface area (Å²) >= 11 is 0. The zero-order valence-electron chi connectivity index (χ0n) is 34.3. The lowest BCUT2D eigenvalue weighted by atomic mass is 9.92. The van der Waals surface area contributed by atoms with Gasteiger partial charge in [0.05, 0.1) is 50.2 Å². The van der Waals surface area contributed by atoms with Gasteiger partial charge in [-0.05, 0) is 77.9 Å². The smallest absolute Gasteiger partial charge is 0.142 e. The van der Waals surface area contributed by atoms with E-state index in [-0.39, 0.29) is 22.8 Å². The monoisotopic (exact) mass is 827 g/mol. The fraction of sp³-hybridized carbons (Fsp3) is 0. The first-order chi connectivity index (χ1) is 32.1. The average Bonchev–Trinajstić information content (AvgIpc) is 4.01. The molecule has 0 aliphatic rings. The molecule has 0 atom stereocenters. The number of nitriles is 4. The van der Waals surface area contributed by atoms with Gasteiger partial charge in [-0.15, -0.1) is 0 Å². The molecule has 65 heavy (non-hydrogen) atoms. The van der Waals surface area contributed by atoms with Crippen molar-refractivity contribution in [3.63, 3.8) is 0 Å². The molecule has 0 aliphatic heterocycles. The van der Waals surface area contributed by atoms with Crippen LogP contribution in [-0.2, 0) is 0 Å². The van der Waals surface area contributed by atoms with E-state index in [1.165, 1.54) is 0 Å². The maximum absolute atomic E-state index is 10.4. The van der Waals surface area contributed by atoms with Gasteiger partial charge in [0.1, 0.15) is 47.1 Å². The molecule has 12 rings (SSSR count). The fourth-order valence-electron chi connectivity index (χ4n) is 9.84. The van der Waals surface area contributed by atoms with Crippen LogP contribution in [0.3, 0.4) is 0 Å². The van der Waals surface area contributed by atoms with Gasteiger partial charge in [0.15, 0.2) is 0 Å². The topological polar surface area (TPSA) is 136 Å². The summed E-state index contributed by atoms with van der Waals surface area (Å²) in [5.41, 5.74) is 10.8. The van der Waals surface area contributed by atoms with E-state index in [1.807, 2.05) is 60.7 Å². The summed E-state index contributed by atoms with van der Waals surface area (Å²) in [7, 11) is 0. The van der Waals surface area contributed by atoms with Crippen molar-refractivity contribution in [1.82, 2.24) is 23.7 Å². The highest BCUT2D eigenvalue weighted by atomic mass is 15.1. The van der Waals surface area contributed by atoms with Crippen LogP contribution < -0.4 is 0 Å². The first-order valence-corrected chi connectivity index (χ1v) is 20.9. The van der Waals surface area contributed by atoms with Crippen molar-refractivity contribution in [3.05, 3.63) is 199 Å². The molecule has 0 aliphatic carbocycles. The van der Waals surface area contributed by atoms with Crippen molar-refractivity contribution in [1.29, 1.82) is 21.0 Å². The van der Waals surface area contributed by atoms with Gasteiger partial charge in [0.25, 0.3) is 0 Å². The lowest BCUT2D eigenvalue weighted by Crippen LogP contribution is -2.13. The number of para-hydroxylation sites is 6. The largest absolute Gasteiger partial charge is 0.306 e. The Morgan fingerprint density at radius 3 is 0.769 bits per heavy atom. The Bertz CT molecular complexity index is 3760. The van der Waals surface area contributed by atoms with Crippen LogP contribution in [0, 0.1) is 45.3 Å². The highest BCUT2D eigenvalue weighted by Gasteiger charge is 2.31. The first-order valence-electron chi connectivity index (χ1n) is 20.9. The quantitative estimate of drug-likeness (QED) is 0.169. The summed E-state index contributed by atoms with van der Waals surface area (Å²) in [6.07, 6.45) is 0. The molecule has 298 valence electrons. The molecule has 0 unspecified atom stereocenters. The Kier molecular flexibility index (Phi) is 8.20. The van der Waals surface area contributed by atoms with E-state index in [9.17, 15) is 21.0 Å². The number of nitrogens with zero attached hydrogens (tertiary/aromatic N) is 9. The second-order valence-corrected chi connectivity index (χ2v) is 15.8. The number of aromatic nitrogens is 5. The number of hydrogen-bond donors (Lipinski definition) is 0.